The van der Waals surface area contributed by atoms with Gasteiger partial charge >= 0.3 is 5.97 Å². The number of carbonyl (C=O) groups excluding carboxylic acids is 2. The van der Waals surface area contributed by atoms with Gasteiger partial charge in [0.2, 0.25) is 5.91 Å². The highest BCUT2D eigenvalue weighted by Gasteiger charge is 2.38. The first-order valence-corrected chi connectivity index (χ1v) is 15.7. The Morgan fingerprint density at radius 3 is 2.41 bits per heavy atom. The van der Waals surface area contributed by atoms with Crippen LogP contribution in [-0.2, 0) is 20.8 Å². The van der Waals surface area contributed by atoms with Crippen LogP contribution in [0.25, 0.3) is 0 Å². The van der Waals surface area contributed by atoms with Gasteiger partial charge in [0.15, 0.2) is 0 Å². The number of halogens is 2. The molecular weight excluding hydrogens is 500 g/mol. The SMILES string of the molecule is CCOc1ccc2c(c1)CCN(C(=O)[C@H](N)CCC(=O)O)[C@H]2C(=O)Nc1cc(F)c([Si](C)(C)C)c(F)c1. The number of carboxylic acids is 1. The number of anilines is 1. The fraction of sp³-hybridized carbons (Fsp3) is 0.423. The summed E-state index contributed by atoms with van der Waals surface area (Å²) in [5.74, 6) is -3.18. The van der Waals surface area contributed by atoms with Gasteiger partial charge in [0.05, 0.1) is 20.7 Å². The zero-order valence-electron chi connectivity index (χ0n) is 21.4. The summed E-state index contributed by atoms with van der Waals surface area (Å²) >= 11 is 0. The van der Waals surface area contributed by atoms with Crippen LogP contribution in [-0.4, -0.2) is 55.1 Å². The first-order chi connectivity index (χ1) is 17.3. The molecule has 0 bridgehead atoms. The summed E-state index contributed by atoms with van der Waals surface area (Å²) in [5.41, 5.74) is 7.25. The minimum atomic E-state index is -2.32. The maximum atomic E-state index is 14.8. The minimum absolute atomic E-state index is 0.0400. The first-order valence-electron chi connectivity index (χ1n) is 12.2. The molecule has 0 unspecified atom stereocenters. The summed E-state index contributed by atoms with van der Waals surface area (Å²) in [6.07, 6.45) is 0.0310. The zero-order valence-corrected chi connectivity index (χ0v) is 22.4. The van der Waals surface area contributed by atoms with Gasteiger partial charge in [-0.15, -0.1) is 0 Å². The van der Waals surface area contributed by atoms with Crippen LogP contribution in [0, 0.1) is 11.6 Å². The Kier molecular flexibility index (Phi) is 8.70. The summed E-state index contributed by atoms with van der Waals surface area (Å²) in [4.78, 5) is 39.0. The average Bonchev–Trinajstić information content (AvgIpc) is 2.79. The molecule has 8 nitrogen and oxygen atoms in total. The Labute approximate surface area is 215 Å². The fourth-order valence-electron chi connectivity index (χ4n) is 4.57. The lowest BCUT2D eigenvalue weighted by molar-refractivity contribution is -0.141. The third-order valence-electron chi connectivity index (χ3n) is 6.23. The molecule has 0 saturated heterocycles. The molecule has 1 aliphatic rings. The Hall–Kier alpha value is -3.31. The molecule has 2 aromatic carbocycles. The van der Waals surface area contributed by atoms with Crippen molar-refractivity contribution in [2.45, 2.75) is 57.9 Å². The number of amides is 2. The number of nitrogens with one attached hydrogen (secondary N) is 1. The second-order valence-corrected chi connectivity index (χ2v) is 15.1. The quantitative estimate of drug-likeness (QED) is 0.426. The normalized spacial score (nSPS) is 16.1. The van der Waals surface area contributed by atoms with E-state index in [2.05, 4.69) is 5.32 Å². The molecule has 0 aliphatic carbocycles. The molecule has 0 aromatic heterocycles. The predicted molar refractivity (Wildman–Crippen MR) is 139 cm³/mol. The summed E-state index contributed by atoms with van der Waals surface area (Å²) in [6, 6.07) is 5.08. The molecule has 2 amide bonds. The average molecular weight is 534 g/mol. The van der Waals surface area contributed by atoms with Crippen LogP contribution in [0.4, 0.5) is 14.5 Å². The van der Waals surface area contributed by atoms with E-state index >= 15 is 0 Å². The van der Waals surface area contributed by atoms with E-state index in [1.165, 1.54) is 4.90 Å². The van der Waals surface area contributed by atoms with Crippen molar-refractivity contribution in [3.8, 4) is 5.75 Å². The van der Waals surface area contributed by atoms with Crippen molar-refractivity contribution < 1.29 is 33.0 Å². The van der Waals surface area contributed by atoms with Gasteiger partial charge in [-0.25, -0.2) is 8.78 Å². The standard InChI is InChI=1S/C26H33F2N3O5Si/c1-5-36-17-6-7-18-15(12-17)10-11-31(26(35)21(29)8-9-22(32)33)23(18)25(34)30-16-13-19(27)24(20(28)14-16)37(2,3)4/h6-7,12-14,21,23H,5,8-11,29H2,1-4H3,(H,30,34)(H,32,33)/t21-,23-/m1/s1. The van der Waals surface area contributed by atoms with Crippen LogP contribution >= 0.6 is 0 Å². The lowest BCUT2D eigenvalue weighted by Crippen LogP contribution is -2.51. The van der Waals surface area contributed by atoms with Crippen molar-refractivity contribution in [1.82, 2.24) is 4.90 Å². The number of hydrogen-bond donors (Lipinski definition) is 3. The predicted octanol–water partition coefficient (Wildman–Crippen LogP) is 3.17. The van der Waals surface area contributed by atoms with Crippen molar-refractivity contribution in [3.63, 3.8) is 0 Å². The number of carboxylic acid groups (broad SMARTS) is 1. The second-order valence-electron chi connectivity index (χ2n) is 10.1. The van der Waals surface area contributed by atoms with Crippen LogP contribution in [0.15, 0.2) is 30.3 Å². The van der Waals surface area contributed by atoms with Crippen LogP contribution in [0.5, 0.6) is 5.75 Å². The van der Waals surface area contributed by atoms with Crippen molar-refractivity contribution in [3.05, 3.63) is 53.1 Å². The van der Waals surface area contributed by atoms with Crippen molar-refractivity contribution >= 4 is 36.7 Å². The molecule has 2 atom stereocenters. The van der Waals surface area contributed by atoms with E-state index in [0.29, 0.717) is 24.3 Å². The van der Waals surface area contributed by atoms with Crippen LogP contribution < -0.4 is 21.0 Å². The van der Waals surface area contributed by atoms with E-state index in [1.807, 2.05) is 26.6 Å². The Morgan fingerprint density at radius 2 is 1.84 bits per heavy atom. The smallest absolute Gasteiger partial charge is 0.303 e. The van der Waals surface area contributed by atoms with Crippen LogP contribution in [0.3, 0.4) is 0 Å². The second kappa shape index (κ2) is 11.4. The Morgan fingerprint density at radius 1 is 1.19 bits per heavy atom. The summed E-state index contributed by atoms with van der Waals surface area (Å²) in [7, 11) is -2.32. The van der Waals surface area contributed by atoms with Gasteiger partial charge in [0.25, 0.3) is 5.91 Å². The van der Waals surface area contributed by atoms with Gasteiger partial charge in [-0.3, -0.25) is 14.4 Å². The molecular formula is C26H33F2N3O5Si. The number of ether oxygens (including phenoxy) is 1. The topological polar surface area (TPSA) is 122 Å². The lowest BCUT2D eigenvalue weighted by atomic mass is 9.90. The van der Waals surface area contributed by atoms with Crippen LogP contribution in [0.2, 0.25) is 19.6 Å². The molecule has 4 N–H and O–H groups in total. The van der Waals surface area contributed by atoms with Crippen molar-refractivity contribution in [1.29, 1.82) is 0 Å². The molecule has 3 rings (SSSR count). The summed E-state index contributed by atoms with van der Waals surface area (Å²) in [6.45, 7) is 7.91. The molecule has 1 heterocycles. The van der Waals surface area contributed by atoms with Gasteiger partial charge in [0, 0.05) is 23.8 Å². The molecule has 200 valence electrons. The van der Waals surface area contributed by atoms with Gasteiger partial charge in [0.1, 0.15) is 23.4 Å². The van der Waals surface area contributed by atoms with E-state index < -0.39 is 49.6 Å². The lowest BCUT2D eigenvalue weighted by Gasteiger charge is -2.38. The molecule has 0 saturated carbocycles. The summed E-state index contributed by atoms with van der Waals surface area (Å²) in [5, 5.41) is 11.6. The maximum Gasteiger partial charge on any atom is 0.303 e. The van der Waals surface area contributed by atoms with Crippen molar-refractivity contribution in [2.75, 3.05) is 18.5 Å². The van der Waals surface area contributed by atoms with Gasteiger partial charge in [-0.2, -0.15) is 0 Å². The molecule has 2 aromatic rings. The number of aliphatic carboxylic acids is 1. The van der Waals surface area contributed by atoms with E-state index in [4.69, 9.17) is 15.6 Å². The molecule has 1 aliphatic heterocycles. The highest BCUT2D eigenvalue weighted by molar-refractivity contribution is 6.88. The fourth-order valence-corrected chi connectivity index (χ4v) is 6.15. The molecule has 37 heavy (non-hydrogen) atoms. The highest BCUT2D eigenvalue weighted by atomic mass is 28.3. The van der Waals surface area contributed by atoms with E-state index in [1.54, 1.807) is 18.2 Å². The number of nitrogens with zero attached hydrogens (tertiary/aromatic N) is 1. The molecule has 0 radical (unpaired) electrons. The van der Waals surface area contributed by atoms with Crippen molar-refractivity contribution in [2.24, 2.45) is 5.73 Å². The molecule has 11 heteroatoms. The van der Waals surface area contributed by atoms with Gasteiger partial charge in [-0.1, -0.05) is 25.7 Å². The van der Waals surface area contributed by atoms with Crippen LogP contribution in [0.1, 0.15) is 36.9 Å². The molecule has 0 spiro atoms. The number of nitrogens with two attached hydrogens (primary N) is 1. The number of benzene rings is 2. The monoisotopic (exact) mass is 533 g/mol. The first kappa shape index (κ1) is 28.3. The van der Waals surface area contributed by atoms with E-state index in [9.17, 15) is 23.2 Å². The zero-order chi connectivity index (χ0) is 27.5. The largest absolute Gasteiger partial charge is 0.494 e. The number of rotatable bonds is 9. The third kappa shape index (κ3) is 6.52. The van der Waals surface area contributed by atoms with E-state index in [0.717, 1.165) is 17.7 Å². The Bertz CT molecular complexity index is 1180. The minimum Gasteiger partial charge on any atom is -0.494 e. The number of hydrogen-bond acceptors (Lipinski definition) is 5. The highest BCUT2D eigenvalue weighted by Crippen LogP contribution is 2.34. The number of fused-ring (bicyclic) bond motifs is 1. The Balaban J connectivity index is 1.97. The van der Waals surface area contributed by atoms with E-state index in [-0.39, 0.29) is 30.3 Å². The number of carbonyl (C=O) groups is 3. The van der Waals surface area contributed by atoms with Gasteiger partial charge < -0.3 is 25.8 Å². The molecule has 0 fully saturated rings. The van der Waals surface area contributed by atoms with Gasteiger partial charge in [-0.05, 0) is 55.2 Å². The summed E-state index contributed by atoms with van der Waals surface area (Å²) < 4.78 is 35.2. The maximum absolute atomic E-state index is 14.8. The third-order valence-corrected chi connectivity index (χ3v) is 8.21.